The van der Waals surface area contributed by atoms with Crippen LogP contribution in [0.5, 0.6) is 0 Å². The molecule has 0 bridgehead atoms. The lowest BCUT2D eigenvalue weighted by Gasteiger charge is -2.46. The van der Waals surface area contributed by atoms with Crippen molar-refractivity contribution in [3.63, 3.8) is 0 Å². The fourth-order valence-electron chi connectivity index (χ4n) is 3.26. The van der Waals surface area contributed by atoms with Crippen molar-refractivity contribution in [1.82, 2.24) is 10.2 Å². The van der Waals surface area contributed by atoms with Gasteiger partial charge in [0.15, 0.2) is 0 Å². The van der Waals surface area contributed by atoms with Crippen LogP contribution in [0.25, 0.3) is 0 Å². The standard InChI is InChI=1S/C20H24F3N5O/c1-12(24)17-16(7-15(9-26-17)28-10-19(2,29)11-28)18(25)27-8-13-4-3-5-14(6-13)20(21,22)23/h3-7,9,26,29H,8,10-11,24H2,1-2H3,(H2,25,27)/b17-12+. The fraction of sp³-hybridized carbons (Fsp3) is 0.350. The summed E-state index contributed by atoms with van der Waals surface area (Å²) in [6.07, 6.45) is -0.835. The number of aliphatic imine (C=N–C) groups is 1. The zero-order chi connectivity index (χ0) is 21.4. The van der Waals surface area contributed by atoms with E-state index < -0.39 is 17.3 Å². The van der Waals surface area contributed by atoms with E-state index in [0.29, 0.717) is 35.6 Å². The number of amidine groups is 1. The van der Waals surface area contributed by atoms with Gasteiger partial charge in [-0.2, -0.15) is 13.2 Å². The summed E-state index contributed by atoms with van der Waals surface area (Å²) < 4.78 is 38.7. The zero-order valence-electron chi connectivity index (χ0n) is 16.2. The van der Waals surface area contributed by atoms with Crippen LogP contribution in [-0.2, 0) is 12.7 Å². The SMILES string of the molecule is C/C(N)=C1\NC=C(N2CC(C)(O)C2)C=C1C(N)=NCc1cccc(C(F)(F)F)c1. The average molecular weight is 407 g/mol. The zero-order valence-corrected chi connectivity index (χ0v) is 16.2. The first-order valence-electron chi connectivity index (χ1n) is 9.05. The maximum atomic E-state index is 12.9. The Labute approximate surface area is 167 Å². The summed E-state index contributed by atoms with van der Waals surface area (Å²) in [4.78, 5) is 6.24. The Balaban J connectivity index is 1.83. The molecule has 0 saturated carbocycles. The third-order valence-electron chi connectivity index (χ3n) is 4.71. The molecule has 0 spiro atoms. The highest BCUT2D eigenvalue weighted by atomic mass is 19.4. The first-order chi connectivity index (χ1) is 13.5. The third-order valence-corrected chi connectivity index (χ3v) is 4.71. The van der Waals surface area contributed by atoms with E-state index in [-0.39, 0.29) is 12.4 Å². The number of rotatable bonds is 4. The van der Waals surface area contributed by atoms with E-state index >= 15 is 0 Å². The molecule has 6 nitrogen and oxygen atoms in total. The number of hydrogen-bond donors (Lipinski definition) is 4. The number of halogens is 3. The molecule has 2 heterocycles. The van der Waals surface area contributed by atoms with Crippen LogP contribution < -0.4 is 16.8 Å². The van der Waals surface area contributed by atoms with E-state index in [2.05, 4.69) is 10.3 Å². The number of nitrogens with one attached hydrogen (secondary N) is 1. The molecule has 1 fully saturated rings. The summed E-state index contributed by atoms with van der Waals surface area (Å²) in [5, 5.41) is 13.0. The molecule has 3 rings (SSSR count). The van der Waals surface area contributed by atoms with Crippen LogP contribution in [-0.4, -0.2) is 34.5 Å². The summed E-state index contributed by atoms with van der Waals surface area (Å²) in [5.74, 6) is 0.160. The fourth-order valence-corrected chi connectivity index (χ4v) is 3.26. The van der Waals surface area contributed by atoms with Crippen molar-refractivity contribution >= 4 is 5.84 Å². The van der Waals surface area contributed by atoms with Crippen LogP contribution in [0.3, 0.4) is 0 Å². The highest BCUT2D eigenvalue weighted by Gasteiger charge is 2.38. The van der Waals surface area contributed by atoms with Crippen molar-refractivity contribution in [1.29, 1.82) is 0 Å². The number of aliphatic hydroxyl groups is 1. The molecule has 2 aliphatic heterocycles. The molecule has 0 aliphatic carbocycles. The van der Waals surface area contributed by atoms with Gasteiger partial charge in [0.2, 0.25) is 0 Å². The van der Waals surface area contributed by atoms with Gasteiger partial charge in [0, 0.05) is 30.6 Å². The lowest BCUT2D eigenvalue weighted by Crippen LogP contribution is -2.59. The number of hydrogen-bond acceptors (Lipinski definition) is 5. The molecule has 0 radical (unpaired) electrons. The summed E-state index contributed by atoms with van der Waals surface area (Å²) in [7, 11) is 0. The van der Waals surface area contributed by atoms with Gasteiger partial charge in [0.1, 0.15) is 5.84 Å². The van der Waals surface area contributed by atoms with Gasteiger partial charge >= 0.3 is 6.18 Å². The predicted octanol–water partition coefficient (Wildman–Crippen LogP) is 2.19. The molecule has 1 aromatic carbocycles. The van der Waals surface area contributed by atoms with Gasteiger partial charge in [-0.3, -0.25) is 4.99 Å². The minimum Gasteiger partial charge on any atom is -0.401 e. The van der Waals surface area contributed by atoms with E-state index in [9.17, 15) is 18.3 Å². The van der Waals surface area contributed by atoms with Gasteiger partial charge in [-0.1, -0.05) is 12.1 Å². The normalized spacial score (nSPS) is 21.0. The summed E-state index contributed by atoms with van der Waals surface area (Å²) in [5.41, 5.74) is 13.5. The first-order valence-corrected chi connectivity index (χ1v) is 9.05. The Hall–Kier alpha value is -2.94. The van der Waals surface area contributed by atoms with Crippen LogP contribution in [0.1, 0.15) is 25.0 Å². The van der Waals surface area contributed by atoms with Crippen LogP contribution in [0.15, 0.2) is 64.2 Å². The Morgan fingerprint density at radius 3 is 2.59 bits per heavy atom. The Bertz CT molecular complexity index is 916. The molecule has 2 aliphatic rings. The van der Waals surface area contributed by atoms with Crippen molar-refractivity contribution in [3.05, 3.63) is 70.3 Å². The van der Waals surface area contributed by atoms with Crippen LogP contribution in [0.2, 0.25) is 0 Å². The molecule has 1 saturated heterocycles. The van der Waals surface area contributed by atoms with Gasteiger partial charge in [-0.05, 0) is 37.6 Å². The smallest absolute Gasteiger partial charge is 0.401 e. The number of β-amino-alcohol motifs (C(OH)–C–C–N with tert-alkyl or cyclic N) is 1. The van der Waals surface area contributed by atoms with E-state index in [0.717, 1.165) is 17.8 Å². The highest BCUT2D eigenvalue weighted by Crippen LogP contribution is 2.30. The van der Waals surface area contributed by atoms with Crippen LogP contribution >= 0.6 is 0 Å². The van der Waals surface area contributed by atoms with Gasteiger partial charge < -0.3 is 26.8 Å². The van der Waals surface area contributed by atoms with Crippen molar-refractivity contribution in [3.8, 4) is 0 Å². The van der Waals surface area contributed by atoms with Crippen LogP contribution in [0.4, 0.5) is 13.2 Å². The number of likely N-dealkylation sites (tertiary alicyclic amines) is 1. The molecule has 0 atom stereocenters. The number of allylic oxidation sites excluding steroid dienone is 2. The lowest BCUT2D eigenvalue weighted by atomic mass is 9.95. The average Bonchev–Trinajstić information content (AvgIpc) is 2.63. The largest absolute Gasteiger partial charge is 0.416 e. The molecule has 156 valence electrons. The highest BCUT2D eigenvalue weighted by molar-refractivity contribution is 6.01. The Morgan fingerprint density at radius 1 is 1.31 bits per heavy atom. The summed E-state index contributed by atoms with van der Waals surface area (Å²) in [6, 6.07) is 4.99. The van der Waals surface area contributed by atoms with E-state index in [1.165, 1.54) is 6.07 Å². The van der Waals surface area contributed by atoms with Crippen LogP contribution in [0, 0.1) is 0 Å². The van der Waals surface area contributed by atoms with Crippen molar-refractivity contribution in [2.75, 3.05) is 13.1 Å². The second-order valence-corrected chi connectivity index (χ2v) is 7.58. The number of benzene rings is 1. The topological polar surface area (TPSA) is 99.9 Å². The van der Waals surface area contributed by atoms with Crippen molar-refractivity contribution in [2.45, 2.75) is 32.2 Å². The summed E-state index contributed by atoms with van der Waals surface area (Å²) in [6.45, 7) is 4.43. The minimum absolute atomic E-state index is 0.00145. The third kappa shape index (κ3) is 4.73. The molecule has 0 unspecified atom stereocenters. The van der Waals surface area contributed by atoms with Gasteiger partial charge in [-0.25, -0.2) is 0 Å². The molecular weight excluding hydrogens is 383 g/mol. The molecule has 29 heavy (non-hydrogen) atoms. The number of nitrogens with zero attached hydrogens (tertiary/aromatic N) is 2. The molecular formula is C20H24F3N5O. The minimum atomic E-state index is -4.41. The summed E-state index contributed by atoms with van der Waals surface area (Å²) >= 11 is 0. The second-order valence-electron chi connectivity index (χ2n) is 7.58. The Kier molecular flexibility index (Phi) is 5.36. The number of nitrogens with two attached hydrogens (primary N) is 2. The lowest BCUT2D eigenvalue weighted by molar-refractivity contribution is -0.137. The van der Waals surface area contributed by atoms with E-state index in [1.54, 1.807) is 26.1 Å². The first kappa shape index (κ1) is 20.8. The number of alkyl halides is 3. The van der Waals surface area contributed by atoms with Gasteiger partial charge in [0.05, 0.1) is 29.1 Å². The number of dihydropyridines is 1. The molecule has 0 amide bonds. The molecule has 0 aromatic heterocycles. The maximum absolute atomic E-state index is 12.9. The van der Waals surface area contributed by atoms with E-state index in [1.807, 2.05) is 11.0 Å². The maximum Gasteiger partial charge on any atom is 0.416 e. The molecule has 9 heteroatoms. The van der Waals surface area contributed by atoms with Gasteiger partial charge in [-0.15, -0.1) is 0 Å². The molecule has 1 aromatic rings. The Morgan fingerprint density at radius 2 is 2.00 bits per heavy atom. The molecule has 6 N–H and O–H groups in total. The predicted molar refractivity (Wildman–Crippen MR) is 105 cm³/mol. The van der Waals surface area contributed by atoms with Crippen molar-refractivity contribution in [2.24, 2.45) is 16.5 Å². The van der Waals surface area contributed by atoms with Gasteiger partial charge in [0.25, 0.3) is 0 Å². The monoisotopic (exact) mass is 407 g/mol. The quantitative estimate of drug-likeness (QED) is 0.453. The van der Waals surface area contributed by atoms with Crippen molar-refractivity contribution < 1.29 is 18.3 Å². The second kappa shape index (κ2) is 7.47. The van der Waals surface area contributed by atoms with E-state index in [4.69, 9.17) is 11.5 Å².